The van der Waals surface area contributed by atoms with Crippen LogP contribution in [-0.2, 0) is 4.79 Å². The predicted molar refractivity (Wildman–Crippen MR) is 110 cm³/mol. The number of rotatable bonds is 10. The summed E-state index contributed by atoms with van der Waals surface area (Å²) >= 11 is 0. The standard InChI is InChI=1S/C20H34N4O3/c1-7-21-18(25)20(3,4)15-23-19(22-8-2)24(5)13-14-27-17-11-9-16(26-6)10-12-17/h9-12H,7-8,13-15H2,1-6H3,(H,21,25)(H,22,23). The van der Waals surface area contributed by atoms with Crippen molar-refractivity contribution in [2.45, 2.75) is 27.7 Å². The molecule has 0 saturated carbocycles. The molecule has 1 aromatic carbocycles. The van der Waals surface area contributed by atoms with Gasteiger partial charge in [-0.1, -0.05) is 0 Å². The average Bonchev–Trinajstić information content (AvgIpc) is 2.65. The van der Waals surface area contributed by atoms with Gasteiger partial charge in [-0.25, -0.2) is 0 Å². The third-order valence-electron chi connectivity index (χ3n) is 4.03. The summed E-state index contributed by atoms with van der Waals surface area (Å²) in [7, 11) is 3.59. The Morgan fingerprint density at radius 3 is 2.26 bits per heavy atom. The molecule has 1 rings (SSSR count). The summed E-state index contributed by atoms with van der Waals surface area (Å²) in [6.07, 6.45) is 0. The van der Waals surface area contributed by atoms with Gasteiger partial charge in [-0.15, -0.1) is 0 Å². The number of guanidine groups is 1. The van der Waals surface area contributed by atoms with E-state index in [9.17, 15) is 4.79 Å². The average molecular weight is 379 g/mol. The molecule has 0 radical (unpaired) electrons. The molecule has 1 amide bonds. The Kier molecular flexibility index (Phi) is 9.47. The van der Waals surface area contributed by atoms with Gasteiger partial charge >= 0.3 is 0 Å². The van der Waals surface area contributed by atoms with E-state index in [-0.39, 0.29) is 5.91 Å². The maximum atomic E-state index is 12.1. The molecular formula is C20H34N4O3. The van der Waals surface area contributed by atoms with Gasteiger partial charge in [-0.2, -0.15) is 0 Å². The SMILES string of the molecule is CCNC(=O)C(C)(C)CN=C(NCC)N(C)CCOc1ccc(OC)cc1. The molecule has 0 spiro atoms. The van der Waals surface area contributed by atoms with Crippen LogP contribution in [0.15, 0.2) is 29.3 Å². The first kappa shape index (κ1) is 22.6. The lowest BCUT2D eigenvalue weighted by molar-refractivity contribution is -0.128. The van der Waals surface area contributed by atoms with Gasteiger partial charge in [-0.3, -0.25) is 9.79 Å². The van der Waals surface area contributed by atoms with E-state index in [1.165, 1.54) is 0 Å². The van der Waals surface area contributed by atoms with Crippen LogP contribution in [0, 0.1) is 5.41 Å². The van der Waals surface area contributed by atoms with Crippen molar-refractivity contribution in [2.75, 3.05) is 46.9 Å². The molecule has 27 heavy (non-hydrogen) atoms. The maximum Gasteiger partial charge on any atom is 0.227 e. The van der Waals surface area contributed by atoms with Crippen molar-refractivity contribution in [3.8, 4) is 11.5 Å². The largest absolute Gasteiger partial charge is 0.497 e. The van der Waals surface area contributed by atoms with Crippen LogP contribution in [-0.4, -0.2) is 63.7 Å². The summed E-state index contributed by atoms with van der Waals surface area (Å²) in [6.45, 7) is 10.7. The molecule has 0 aliphatic carbocycles. The van der Waals surface area contributed by atoms with Crippen LogP contribution in [0.4, 0.5) is 0 Å². The third-order valence-corrected chi connectivity index (χ3v) is 4.03. The minimum atomic E-state index is -0.558. The molecule has 0 fully saturated rings. The molecule has 1 aromatic rings. The highest BCUT2D eigenvalue weighted by Crippen LogP contribution is 2.17. The van der Waals surface area contributed by atoms with Crippen molar-refractivity contribution in [1.29, 1.82) is 0 Å². The van der Waals surface area contributed by atoms with Gasteiger partial charge in [-0.05, 0) is 52.0 Å². The van der Waals surface area contributed by atoms with Gasteiger partial charge in [0.25, 0.3) is 0 Å². The first-order valence-corrected chi connectivity index (χ1v) is 9.38. The van der Waals surface area contributed by atoms with E-state index < -0.39 is 5.41 Å². The van der Waals surface area contributed by atoms with Crippen molar-refractivity contribution in [3.05, 3.63) is 24.3 Å². The molecule has 0 aromatic heterocycles. The van der Waals surface area contributed by atoms with Crippen molar-refractivity contribution in [3.63, 3.8) is 0 Å². The Hall–Kier alpha value is -2.44. The number of hydrogen-bond acceptors (Lipinski definition) is 4. The molecule has 7 heteroatoms. The van der Waals surface area contributed by atoms with Gasteiger partial charge in [0.05, 0.1) is 25.6 Å². The van der Waals surface area contributed by atoms with Crippen LogP contribution >= 0.6 is 0 Å². The molecule has 0 aliphatic rings. The first-order valence-electron chi connectivity index (χ1n) is 9.38. The number of amides is 1. The summed E-state index contributed by atoms with van der Waals surface area (Å²) in [6, 6.07) is 7.50. The van der Waals surface area contributed by atoms with Crippen LogP contribution in [0.1, 0.15) is 27.7 Å². The van der Waals surface area contributed by atoms with E-state index >= 15 is 0 Å². The number of benzene rings is 1. The number of nitrogens with zero attached hydrogens (tertiary/aromatic N) is 2. The number of carbonyl (C=O) groups is 1. The minimum Gasteiger partial charge on any atom is -0.497 e. The van der Waals surface area contributed by atoms with Gasteiger partial charge in [0.1, 0.15) is 18.1 Å². The molecule has 0 heterocycles. The predicted octanol–water partition coefficient (Wildman–Crippen LogP) is 2.13. The number of carbonyl (C=O) groups excluding carboxylic acids is 1. The van der Waals surface area contributed by atoms with E-state index in [0.29, 0.717) is 26.2 Å². The Morgan fingerprint density at radius 1 is 1.11 bits per heavy atom. The van der Waals surface area contributed by atoms with Gasteiger partial charge < -0.3 is 25.0 Å². The summed E-state index contributed by atoms with van der Waals surface area (Å²) < 4.78 is 10.9. The molecule has 152 valence electrons. The summed E-state index contributed by atoms with van der Waals surface area (Å²) in [5.41, 5.74) is -0.558. The van der Waals surface area contributed by atoms with Gasteiger partial charge in [0, 0.05) is 20.1 Å². The zero-order chi connectivity index (χ0) is 20.3. The minimum absolute atomic E-state index is 0.00934. The summed E-state index contributed by atoms with van der Waals surface area (Å²) in [5, 5.41) is 6.12. The Balaban J connectivity index is 2.60. The Bertz CT molecular complexity index is 600. The Labute approximate surface area is 163 Å². The van der Waals surface area contributed by atoms with Gasteiger partial charge in [0.15, 0.2) is 5.96 Å². The number of ether oxygens (including phenoxy) is 2. The smallest absolute Gasteiger partial charge is 0.227 e. The number of likely N-dealkylation sites (N-methyl/N-ethyl adjacent to an activating group) is 1. The number of nitrogens with one attached hydrogen (secondary N) is 2. The van der Waals surface area contributed by atoms with E-state index in [2.05, 4.69) is 15.6 Å². The van der Waals surface area contributed by atoms with E-state index in [1.54, 1.807) is 7.11 Å². The maximum absolute atomic E-state index is 12.1. The lowest BCUT2D eigenvalue weighted by atomic mass is 9.92. The molecule has 0 unspecified atom stereocenters. The molecule has 2 N–H and O–H groups in total. The van der Waals surface area contributed by atoms with E-state index in [4.69, 9.17) is 9.47 Å². The number of methoxy groups -OCH3 is 1. The quantitative estimate of drug-likeness (QED) is 0.482. The number of hydrogen-bond donors (Lipinski definition) is 2. The highest BCUT2D eigenvalue weighted by molar-refractivity contribution is 5.83. The first-order chi connectivity index (χ1) is 12.8. The molecular weight excluding hydrogens is 344 g/mol. The Morgan fingerprint density at radius 2 is 1.70 bits per heavy atom. The zero-order valence-electron chi connectivity index (χ0n) is 17.5. The van der Waals surface area contributed by atoms with Crippen LogP contribution < -0.4 is 20.1 Å². The fourth-order valence-electron chi connectivity index (χ4n) is 2.29. The summed E-state index contributed by atoms with van der Waals surface area (Å²) in [5.74, 6) is 2.36. The van der Waals surface area contributed by atoms with Crippen molar-refractivity contribution >= 4 is 11.9 Å². The molecule has 0 saturated heterocycles. The van der Waals surface area contributed by atoms with Crippen LogP contribution in [0.5, 0.6) is 11.5 Å². The van der Waals surface area contributed by atoms with Crippen LogP contribution in [0.3, 0.4) is 0 Å². The third kappa shape index (κ3) is 7.76. The zero-order valence-corrected chi connectivity index (χ0v) is 17.5. The topological polar surface area (TPSA) is 75.2 Å². The van der Waals surface area contributed by atoms with Crippen molar-refractivity contribution < 1.29 is 14.3 Å². The van der Waals surface area contributed by atoms with Crippen LogP contribution in [0.2, 0.25) is 0 Å². The monoisotopic (exact) mass is 378 g/mol. The lowest BCUT2D eigenvalue weighted by Crippen LogP contribution is -2.43. The highest BCUT2D eigenvalue weighted by Gasteiger charge is 2.27. The van der Waals surface area contributed by atoms with E-state index in [0.717, 1.165) is 24.0 Å². The molecule has 0 atom stereocenters. The molecule has 0 aliphatic heterocycles. The second-order valence-corrected chi connectivity index (χ2v) is 6.86. The van der Waals surface area contributed by atoms with Crippen molar-refractivity contribution in [2.24, 2.45) is 10.4 Å². The fraction of sp³-hybridized carbons (Fsp3) is 0.600. The molecule has 7 nitrogen and oxygen atoms in total. The van der Waals surface area contributed by atoms with Crippen LogP contribution in [0.25, 0.3) is 0 Å². The normalized spacial score (nSPS) is 11.7. The number of aliphatic imine (C=N–C) groups is 1. The molecule has 0 bridgehead atoms. The fourth-order valence-corrected chi connectivity index (χ4v) is 2.29. The second-order valence-electron chi connectivity index (χ2n) is 6.86. The lowest BCUT2D eigenvalue weighted by Gasteiger charge is -2.25. The van der Waals surface area contributed by atoms with Crippen molar-refractivity contribution in [1.82, 2.24) is 15.5 Å². The highest BCUT2D eigenvalue weighted by atomic mass is 16.5. The van der Waals surface area contributed by atoms with Gasteiger partial charge in [0.2, 0.25) is 5.91 Å². The second kappa shape index (κ2) is 11.3. The van der Waals surface area contributed by atoms with E-state index in [1.807, 2.05) is 63.9 Å². The summed E-state index contributed by atoms with van der Waals surface area (Å²) in [4.78, 5) is 18.8.